The van der Waals surface area contributed by atoms with E-state index in [1.54, 1.807) is 0 Å². The first-order valence-electron chi connectivity index (χ1n) is 4.73. The molecule has 5 nitrogen and oxygen atoms in total. The monoisotopic (exact) mass is 233 g/mol. The first kappa shape index (κ1) is 11.0. The fourth-order valence-corrected chi connectivity index (χ4v) is 1.38. The van der Waals surface area contributed by atoms with Gasteiger partial charge in [-0.05, 0) is 12.1 Å². The number of halogens is 1. The molecule has 2 aromatic rings. The standard InChI is InChI=1S/C11H8FN3O2/c12-8-4-2-1-3-6(8)9(16)7-5-14-11(17)15-10(7)13/h1-5H,(H3,13,14,15,17). The van der Waals surface area contributed by atoms with Crippen molar-refractivity contribution in [2.75, 3.05) is 5.73 Å². The predicted octanol–water partition coefficient (Wildman–Crippen LogP) is 0.722. The zero-order valence-electron chi connectivity index (χ0n) is 8.61. The van der Waals surface area contributed by atoms with Crippen LogP contribution in [-0.2, 0) is 0 Å². The number of hydrogen-bond donors (Lipinski definition) is 2. The quantitative estimate of drug-likeness (QED) is 0.748. The highest BCUT2D eigenvalue weighted by molar-refractivity contribution is 6.11. The Morgan fingerprint density at radius 1 is 1.29 bits per heavy atom. The van der Waals surface area contributed by atoms with Crippen LogP contribution in [0.3, 0.4) is 0 Å². The minimum Gasteiger partial charge on any atom is -0.384 e. The summed E-state index contributed by atoms with van der Waals surface area (Å²) in [5.41, 5.74) is 4.66. The van der Waals surface area contributed by atoms with Gasteiger partial charge in [0, 0.05) is 6.20 Å². The molecule has 1 heterocycles. The molecule has 0 fully saturated rings. The molecule has 0 spiro atoms. The molecule has 1 aromatic heterocycles. The minimum absolute atomic E-state index is 0.0327. The van der Waals surface area contributed by atoms with Crippen LogP contribution in [0.4, 0.5) is 10.2 Å². The number of carbonyl (C=O) groups is 1. The number of rotatable bonds is 2. The number of anilines is 1. The van der Waals surface area contributed by atoms with Crippen molar-refractivity contribution >= 4 is 11.6 Å². The molecule has 86 valence electrons. The third-order valence-electron chi connectivity index (χ3n) is 2.21. The van der Waals surface area contributed by atoms with E-state index in [0.717, 1.165) is 6.20 Å². The number of nitrogen functional groups attached to an aromatic ring is 1. The Labute approximate surface area is 95.1 Å². The normalized spacial score (nSPS) is 10.2. The Morgan fingerprint density at radius 2 is 2.00 bits per heavy atom. The number of carbonyl (C=O) groups excluding carboxylic acids is 1. The van der Waals surface area contributed by atoms with E-state index in [0.29, 0.717) is 0 Å². The molecule has 1 aromatic carbocycles. The zero-order valence-corrected chi connectivity index (χ0v) is 8.61. The van der Waals surface area contributed by atoms with Crippen molar-refractivity contribution in [3.8, 4) is 0 Å². The molecular formula is C11H8FN3O2. The maximum atomic E-state index is 13.4. The highest BCUT2D eigenvalue weighted by Gasteiger charge is 2.16. The van der Waals surface area contributed by atoms with Crippen LogP contribution < -0.4 is 11.4 Å². The largest absolute Gasteiger partial charge is 0.384 e. The SMILES string of the molecule is Nc1[nH]c(=O)ncc1C(=O)c1ccccc1F. The number of nitrogens with zero attached hydrogens (tertiary/aromatic N) is 1. The molecule has 0 aliphatic carbocycles. The van der Waals surface area contributed by atoms with Gasteiger partial charge < -0.3 is 5.73 Å². The number of nitrogens with two attached hydrogens (primary N) is 1. The van der Waals surface area contributed by atoms with Gasteiger partial charge in [0.2, 0.25) is 5.78 Å². The first-order valence-corrected chi connectivity index (χ1v) is 4.73. The van der Waals surface area contributed by atoms with Gasteiger partial charge in [0.25, 0.3) is 0 Å². The van der Waals surface area contributed by atoms with Crippen molar-refractivity contribution < 1.29 is 9.18 Å². The molecular weight excluding hydrogens is 225 g/mol. The van der Waals surface area contributed by atoms with Crippen molar-refractivity contribution in [1.82, 2.24) is 9.97 Å². The number of aromatic amines is 1. The van der Waals surface area contributed by atoms with Gasteiger partial charge in [0.1, 0.15) is 11.6 Å². The van der Waals surface area contributed by atoms with Crippen molar-refractivity contribution in [3.63, 3.8) is 0 Å². The Bertz CT molecular complexity index is 637. The highest BCUT2D eigenvalue weighted by Crippen LogP contribution is 2.14. The molecule has 0 saturated carbocycles. The smallest absolute Gasteiger partial charge is 0.346 e. The predicted molar refractivity (Wildman–Crippen MR) is 59.1 cm³/mol. The Balaban J connectivity index is 2.52. The lowest BCUT2D eigenvalue weighted by Gasteiger charge is -2.04. The van der Waals surface area contributed by atoms with Crippen LogP contribution >= 0.6 is 0 Å². The lowest BCUT2D eigenvalue weighted by Crippen LogP contribution is -2.17. The summed E-state index contributed by atoms with van der Waals surface area (Å²) in [6.07, 6.45) is 1.03. The van der Waals surface area contributed by atoms with Crippen LogP contribution in [0.2, 0.25) is 0 Å². The summed E-state index contributed by atoms with van der Waals surface area (Å²) in [6.45, 7) is 0. The number of nitrogens with one attached hydrogen (secondary N) is 1. The second-order valence-electron chi connectivity index (χ2n) is 3.32. The molecule has 6 heteroatoms. The molecule has 3 N–H and O–H groups in total. The molecule has 0 atom stereocenters. The van der Waals surface area contributed by atoms with E-state index in [1.165, 1.54) is 24.3 Å². The van der Waals surface area contributed by atoms with Gasteiger partial charge in [-0.15, -0.1) is 0 Å². The maximum Gasteiger partial charge on any atom is 0.346 e. The Kier molecular flexibility index (Phi) is 2.70. The topological polar surface area (TPSA) is 88.8 Å². The summed E-state index contributed by atoms with van der Waals surface area (Å²) < 4.78 is 13.4. The molecule has 0 aliphatic rings. The molecule has 0 bridgehead atoms. The number of benzene rings is 1. The molecule has 0 unspecified atom stereocenters. The summed E-state index contributed by atoms with van der Waals surface area (Å²) in [4.78, 5) is 28.3. The van der Waals surface area contributed by atoms with Gasteiger partial charge in [-0.25, -0.2) is 14.2 Å². The van der Waals surface area contributed by atoms with E-state index in [1.807, 2.05) is 0 Å². The van der Waals surface area contributed by atoms with Crippen LogP contribution in [0.25, 0.3) is 0 Å². The zero-order chi connectivity index (χ0) is 12.4. The summed E-state index contributed by atoms with van der Waals surface area (Å²) in [5.74, 6) is -1.40. The molecule has 17 heavy (non-hydrogen) atoms. The van der Waals surface area contributed by atoms with Crippen LogP contribution in [0.5, 0.6) is 0 Å². The third kappa shape index (κ3) is 2.05. The minimum atomic E-state index is -0.660. The molecule has 0 saturated heterocycles. The average Bonchev–Trinajstić information content (AvgIpc) is 2.29. The number of H-pyrrole nitrogens is 1. The van der Waals surface area contributed by atoms with Crippen molar-refractivity contribution in [2.24, 2.45) is 0 Å². The lowest BCUT2D eigenvalue weighted by molar-refractivity contribution is 0.103. The van der Waals surface area contributed by atoms with Gasteiger partial charge in [0.05, 0.1) is 11.1 Å². The van der Waals surface area contributed by atoms with Crippen molar-refractivity contribution in [3.05, 3.63) is 57.9 Å². The van der Waals surface area contributed by atoms with Crippen LogP contribution in [0, 0.1) is 5.82 Å². The van der Waals surface area contributed by atoms with E-state index in [4.69, 9.17) is 5.73 Å². The second-order valence-corrected chi connectivity index (χ2v) is 3.32. The fraction of sp³-hybridized carbons (Fsp3) is 0. The van der Waals surface area contributed by atoms with Crippen LogP contribution in [-0.4, -0.2) is 15.8 Å². The van der Waals surface area contributed by atoms with Gasteiger partial charge >= 0.3 is 5.69 Å². The second kappa shape index (κ2) is 4.17. The van der Waals surface area contributed by atoms with Gasteiger partial charge in [-0.3, -0.25) is 9.78 Å². The van der Waals surface area contributed by atoms with Crippen LogP contribution in [0.15, 0.2) is 35.3 Å². The molecule has 0 radical (unpaired) electrons. The fourth-order valence-electron chi connectivity index (χ4n) is 1.38. The summed E-state index contributed by atoms with van der Waals surface area (Å²) in [5, 5.41) is 0. The Morgan fingerprint density at radius 3 is 2.65 bits per heavy atom. The summed E-state index contributed by atoms with van der Waals surface area (Å²) >= 11 is 0. The highest BCUT2D eigenvalue weighted by atomic mass is 19.1. The van der Waals surface area contributed by atoms with E-state index in [-0.39, 0.29) is 16.9 Å². The van der Waals surface area contributed by atoms with Crippen molar-refractivity contribution in [2.45, 2.75) is 0 Å². The summed E-state index contributed by atoms with van der Waals surface area (Å²) in [7, 11) is 0. The first-order chi connectivity index (χ1) is 8.09. The van der Waals surface area contributed by atoms with Gasteiger partial charge in [0.15, 0.2) is 0 Å². The van der Waals surface area contributed by atoms with Crippen LogP contribution in [0.1, 0.15) is 15.9 Å². The Hall–Kier alpha value is -2.50. The third-order valence-corrected chi connectivity index (χ3v) is 2.21. The van der Waals surface area contributed by atoms with Gasteiger partial charge in [-0.1, -0.05) is 12.1 Å². The van der Waals surface area contributed by atoms with E-state index < -0.39 is 17.3 Å². The van der Waals surface area contributed by atoms with E-state index in [2.05, 4.69) is 9.97 Å². The van der Waals surface area contributed by atoms with Gasteiger partial charge in [-0.2, -0.15) is 0 Å². The van der Waals surface area contributed by atoms with E-state index in [9.17, 15) is 14.0 Å². The molecule has 2 rings (SSSR count). The van der Waals surface area contributed by atoms with Crippen molar-refractivity contribution in [1.29, 1.82) is 0 Å². The number of hydrogen-bond acceptors (Lipinski definition) is 4. The maximum absolute atomic E-state index is 13.4. The number of ketones is 1. The lowest BCUT2D eigenvalue weighted by atomic mass is 10.1. The average molecular weight is 233 g/mol. The number of aromatic nitrogens is 2. The van der Waals surface area contributed by atoms with E-state index >= 15 is 0 Å². The molecule has 0 aliphatic heterocycles. The molecule has 0 amide bonds. The summed E-state index contributed by atoms with van der Waals surface area (Å²) in [6, 6.07) is 5.51.